The lowest BCUT2D eigenvalue weighted by molar-refractivity contribution is 0.416. The third-order valence-corrected chi connectivity index (χ3v) is 1.69. The van der Waals surface area contributed by atoms with Crippen molar-refractivity contribution in [3.05, 3.63) is 35.4 Å². The van der Waals surface area contributed by atoms with Gasteiger partial charge in [-0.25, -0.2) is 8.78 Å². The average molecular weight is 186 g/mol. The molecular weight excluding hydrogens is 177 g/mol. The van der Waals surface area contributed by atoms with Gasteiger partial charge in [0, 0.05) is 11.5 Å². The summed E-state index contributed by atoms with van der Waals surface area (Å²) in [5, 5.41) is 17.4. The molecule has 0 fully saturated rings. The molecule has 0 atom stereocenters. The van der Waals surface area contributed by atoms with Gasteiger partial charge in [0.25, 0.3) is 0 Å². The highest BCUT2D eigenvalue weighted by Gasteiger charge is 2.19. The summed E-state index contributed by atoms with van der Waals surface area (Å²) in [6, 6.07) is 0. The molecule has 0 heterocycles. The summed E-state index contributed by atoms with van der Waals surface area (Å²) in [6.45, 7) is 0. The van der Waals surface area contributed by atoms with Crippen LogP contribution in [0.3, 0.4) is 0 Å². The Morgan fingerprint density at radius 3 is 2.38 bits per heavy atom. The number of hydrogen-bond donors (Lipinski definition) is 2. The highest BCUT2D eigenvalue weighted by Crippen LogP contribution is 2.20. The first-order valence-electron chi connectivity index (χ1n) is 3.90. The van der Waals surface area contributed by atoms with Crippen LogP contribution in [-0.4, -0.2) is 17.2 Å². The third kappa shape index (κ3) is 2.79. The van der Waals surface area contributed by atoms with Crippen molar-refractivity contribution in [3.63, 3.8) is 0 Å². The molecule has 0 unspecified atom stereocenters. The number of allylic oxidation sites excluding steroid dienone is 6. The standard InChI is InChI=1S/C8H9BF2O2/c10-6-3-1-2-4-7(9(12)13)8(11)5-6/h3-5,12-13H,1-2H2. The summed E-state index contributed by atoms with van der Waals surface area (Å²) in [5.74, 6) is -1.63. The monoisotopic (exact) mass is 186 g/mol. The lowest BCUT2D eigenvalue weighted by atomic mass is 9.77. The van der Waals surface area contributed by atoms with Gasteiger partial charge in [-0.15, -0.1) is 0 Å². The van der Waals surface area contributed by atoms with Crippen LogP contribution in [-0.2, 0) is 0 Å². The molecule has 1 aliphatic carbocycles. The van der Waals surface area contributed by atoms with E-state index in [0.717, 1.165) is 0 Å². The fourth-order valence-electron chi connectivity index (χ4n) is 1.05. The predicted molar refractivity (Wildman–Crippen MR) is 45.9 cm³/mol. The Balaban J connectivity index is 2.96. The molecule has 70 valence electrons. The van der Waals surface area contributed by atoms with Crippen LogP contribution in [0.25, 0.3) is 0 Å². The molecular formula is C8H9BF2O2. The summed E-state index contributed by atoms with van der Waals surface area (Å²) in [4.78, 5) is 0. The van der Waals surface area contributed by atoms with E-state index in [1.165, 1.54) is 12.2 Å². The first-order chi connectivity index (χ1) is 6.11. The van der Waals surface area contributed by atoms with Gasteiger partial charge in [0.1, 0.15) is 11.7 Å². The van der Waals surface area contributed by atoms with E-state index in [4.69, 9.17) is 10.0 Å². The van der Waals surface area contributed by atoms with Crippen molar-refractivity contribution in [3.8, 4) is 0 Å². The normalized spacial score (nSPS) is 18.0. The second-order valence-electron chi connectivity index (χ2n) is 2.69. The van der Waals surface area contributed by atoms with Gasteiger partial charge in [-0.2, -0.15) is 0 Å². The van der Waals surface area contributed by atoms with Crippen LogP contribution in [0.1, 0.15) is 12.8 Å². The smallest absolute Gasteiger partial charge is 0.423 e. The number of hydrogen-bond acceptors (Lipinski definition) is 2. The second-order valence-corrected chi connectivity index (χ2v) is 2.69. The van der Waals surface area contributed by atoms with Crippen molar-refractivity contribution in [1.29, 1.82) is 0 Å². The molecule has 13 heavy (non-hydrogen) atoms. The van der Waals surface area contributed by atoms with E-state index in [-0.39, 0.29) is 5.47 Å². The van der Waals surface area contributed by atoms with Crippen LogP contribution in [0.5, 0.6) is 0 Å². The van der Waals surface area contributed by atoms with E-state index in [9.17, 15) is 8.78 Å². The van der Waals surface area contributed by atoms with Crippen LogP contribution in [0, 0.1) is 0 Å². The predicted octanol–water partition coefficient (Wildman–Crippen LogP) is 1.43. The molecule has 0 aromatic rings. The van der Waals surface area contributed by atoms with Crippen molar-refractivity contribution < 1.29 is 18.8 Å². The van der Waals surface area contributed by atoms with Crippen LogP contribution in [0.4, 0.5) is 8.78 Å². The molecule has 0 radical (unpaired) electrons. The molecule has 0 amide bonds. The fourth-order valence-corrected chi connectivity index (χ4v) is 1.05. The zero-order chi connectivity index (χ0) is 9.84. The van der Waals surface area contributed by atoms with Crippen molar-refractivity contribution >= 4 is 7.12 Å². The lowest BCUT2D eigenvalue weighted by Crippen LogP contribution is -2.16. The third-order valence-electron chi connectivity index (χ3n) is 1.69. The topological polar surface area (TPSA) is 40.5 Å². The maximum Gasteiger partial charge on any atom is 0.491 e. The second kappa shape index (κ2) is 4.34. The lowest BCUT2D eigenvalue weighted by Gasteiger charge is -2.05. The SMILES string of the molecule is OB(O)C1=CCCC=C(F)C=C1F. The van der Waals surface area contributed by atoms with Crippen LogP contribution in [0.15, 0.2) is 35.4 Å². The van der Waals surface area contributed by atoms with Crippen molar-refractivity contribution in [2.45, 2.75) is 12.8 Å². The van der Waals surface area contributed by atoms with E-state index < -0.39 is 18.8 Å². The molecule has 1 rings (SSSR count). The van der Waals surface area contributed by atoms with Gasteiger partial charge in [-0.3, -0.25) is 0 Å². The Morgan fingerprint density at radius 2 is 1.77 bits per heavy atom. The van der Waals surface area contributed by atoms with E-state index in [1.807, 2.05) is 0 Å². The largest absolute Gasteiger partial charge is 0.491 e. The minimum atomic E-state index is -1.89. The van der Waals surface area contributed by atoms with Crippen molar-refractivity contribution in [2.75, 3.05) is 0 Å². The van der Waals surface area contributed by atoms with Crippen molar-refractivity contribution in [1.82, 2.24) is 0 Å². The number of rotatable bonds is 1. The van der Waals surface area contributed by atoms with Gasteiger partial charge in [-0.05, 0) is 18.9 Å². The molecule has 2 N–H and O–H groups in total. The molecule has 2 nitrogen and oxygen atoms in total. The molecule has 5 heteroatoms. The van der Waals surface area contributed by atoms with Gasteiger partial charge in [0.05, 0.1) is 0 Å². The summed E-state index contributed by atoms with van der Waals surface area (Å²) >= 11 is 0. The Kier molecular flexibility index (Phi) is 3.39. The Bertz CT molecular complexity index is 282. The van der Waals surface area contributed by atoms with Crippen molar-refractivity contribution in [2.24, 2.45) is 0 Å². The van der Waals surface area contributed by atoms with E-state index in [0.29, 0.717) is 18.9 Å². The minimum absolute atomic E-state index is 0.275. The Morgan fingerprint density at radius 1 is 1.15 bits per heavy atom. The highest BCUT2D eigenvalue weighted by atomic mass is 19.1. The highest BCUT2D eigenvalue weighted by molar-refractivity contribution is 6.52. The van der Waals surface area contributed by atoms with Crippen LogP contribution >= 0.6 is 0 Å². The molecule has 0 bridgehead atoms. The Hall–Kier alpha value is -0.935. The maximum atomic E-state index is 13.0. The number of halogens is 2. The summed E-state index contributed by atoms with van der Waals surface area (Å²) in [6.07, 6.45) is 4.05. The molecule has 0 saturated heterocycles. The van der Waals surface area contributed by atoms with Crippen LogP contribution < -0.4 is 0 Å². The van der Waals surface area contributed by atoms with E-state index in [1.54, 1.807) is 0 Å². The van der Waals surface area contributed by atoms with Gasteiger partial charge in [-0.1, -0.05) is 6.08 Å². The Labute approximate surface area is 75.0 Å². The quantitative estimate of drug-likeness (QED) is 0.608. The molecule has 0 aromatic heterocycles. The molecule has 0 aromatic carbocycles. The summed E-state index contributed by atoms with van der Waals surface area (Å²) in [7, 11) is -1.89. The zero-order valence-corrected chi connectivity index (χ0v) is 6.87. The maximum absolute atomic E-state index is 13.0. The van der Waals surface area contributed by atoms with Gasteiger partial charge in [0.2, 0.25) is 0 Å². The van der Waals surface area contributed by atoms with Gasteiger partial charge in [0.15, 0.2) is 0 Å². The molecule has 0 aliphatic heterocycles. The summed E-state index contributed by atoms with van der Waals surface area (Å²) < 4.78 is 25.6. The molecule has 0 saturated carbocycles. The van der Waals surface area contributed by atoms with Crippen LogP contribution in [0.2, 0.25) is 0 Å². The van der Waals surface area contributed by atoms with E-state index >= 15 is 0 Å². The average Bonchev–Trinajstić information content (AvgIpc) is 1.99. The first-order valence-corrected chi connectivity index (χ1v) is 3.90. The summed E-state index contributed by atoms with van der Waals surface area (Å²) in [5.41, 5.74) is -0.275. The van der Waals surface area contributed by atoms with Gasteiger partial charge >= 0.3 is 7.12 Å². The van der Waals surface area contributed by atoms with Gasteiger partial charge < -0.3 is 10.0 Å². The fraction of sp³-hybridized carbons (Fsp3) is 0.250. The molecule has 0 spiro atoms. The zero-order valence-electron chi connectivity index (χ0n) is 6.87. The first kappa shape index (κ1) is 10.1. The molecule has 1 aliphatic rings. The van der Waals surface area contributed by atoms with E-state index in [2.05, 4.69) is 0 Å². The minimum Gasteiger partial charge on any atom is -0.423 e.